The van der Waals surface area contributed by atoms with E-state index in [1.807, 2.05) is 13.8 Å². The third-order valence-electron chi connectivity index (χ3n) is 11.3. The number of ether oxygens (including phenoxy) is 2. The average molecular weight is 877 g/mol. The van der Waals surface area contributed by atoms with Gasteiger partial charge in [-0.15, -0.1) is 0 Å². The zero-order valence-corrected chi connectivity index (χ0v) is 35.6. The molecule has 2 fully saturated rings. The number of aromatic nitrogens is 6. The molecule has 0 radical (unpaired) electrons. The highest BCUT2D eigenvalue weighted by Crippen LogP contribution is 2.38. The Balaban J connectivity index is 0.000000205. The first-order valence-corrected chi connectivity index (χ1v) is 20.4. The standard InChI is InChI=1S/C22H22ClN5O4.C19H21ClN4O5/c1-11-7-12(2)19(13(3)8-11)32-22(29)18-16(24-4)10-27-21(18)25-20(26-27)14-5-6-15(23)17(9-14)28(30)31;1-9-6-10(2)16(11(3)7-9)29-19(26)15(25)18-21-17(22-23-18)12-4-5-13(20)14(8-12)24(27)28/h5-6,9-13,19H,7-8H2,1-3H3,(H,25,26);4-5,8-11,16H,6-7H2,1-3H3,(H,21,22,23). The molecule has 0 bridgehead atoms. The fourth-order valence-corrected chi connectivity index (χ4v) is 9.10. The molecule has 18 nitrogen and oxygen atoms in total. The lowest BCUT2D eigenvalue weighted by molar-refractivity contribution is -0.384. The number of nitro groups is 2. The Kier molecular flexibility index (Phi) is 13.2. The zero-order valence-electron chi connectivity index (χ0n) is 34.0. The molecule has 4 atom stereocenters. The minimum absolute atomic E-state index is 0.0153. The van der Waals surface area contributed by atoms with Gasteiger partial charge in [-0.25, -0.2) is 24.4 Å². The van der Waals surface area contributed by atoms with Gasteiger partial charge in [-0.05, 0) is 85.5 Å². The molecule has 3 aromatic heterocycles. The highest BCUT2D eigenvalue weighted by molar-refractivity contribution is 6.39. The molecule has 4 unspecified atom stereocenters. The van der Waals surface area contributed by atoms with Gasteiger partial charge in [0, 0.05) is 29.5 Å². The summed E-state index contributed by atoms with van der Waals surface area (Å²) in [5.41, 5.74) is 0.608. The third kappa shape index (κ3) is 9.58. The minimum Gasteiger partial charge on any atom is -0.459 e. The number of nitrogens with zero attached hydrogens (tertiary/aromatic N) is 7. The molecule has 2 N–H and O–H groups in total. The number of nitrogens with one attached hydrogen (secondary N) is 2. The maximum Gasteiger partial charge on any atom is 0.383 e. The number of esters is 2. The normalized spacial score (nSPS) is 23.6. The van der Waals surface area contributed by atoms with Gasteiger partial charge in [0.2, 0.25) is 11.5 Å². The second-order valence-corrected chi connectivity index (χ2v) is 17.1. The lowest BCUT2D eigenvalue weighted by atomic mass is 9.75. The van der Waals surface area contributed by atoms with Crippen LogP contribution in [-0.2, 0) is 14.3 Å². The van der Waals surface area contributed by atoms with E-state index < -0.39 is 27.6 Å². The van der Waals surface area contributed by atoms with Gasteiger partial charge >= 0.3 is 17.7 Å². The van der Waals surface area contributed by atoms with E-state index in [9.17, 15) is 34.6 Å². The lowest BCUT2D eigenvalue weighted by Gasteiger charge is -2.37. The van der Waals surface area contributed by atoms with Crippen LogP contribution in [0, 0.1) is 62.3 Å². The van der Waals surface area contributed by atoms with Crippen LogP contribution in [0.15, 0.2) is 42.6 Å². The zero-order chi connectivity index (χ0) is 44.4. The topological polar surface area (TPSA) is 235 Å². The summed E-state index contributed by atoms with van der Waals surface area (Å²) in [7, 11) is 0. The van der Waals surface area contributed by atoms with E-state index in [1.165, 1.54) is 41.0 Å². The highest BCUT2D eigenvalue weighted by atomic mass is 35.5. The molecule has 2 saturated carbocycles. The van der Waals surface area contributed by atoms with Crippen molar-refractivity contribution < 1.29 is 33.7 Å². The summed E-state index contributed by atoms with van der Waals surface area (Å²) in [5, 5.41) is 31.5. The van der Waals surface area contributed by atoms with Crippen molar-refractivity contribution >= 4 is 63.6 Å². The van der Waals surface area contributed by atoms with Crippen LogP contribution in [0.4, 0.5) is 17.1 Å². The summed E-state index contributed by atoms with van der Waals surface area (Å²) in [5.74, 6) is -0.586. The van der Waals surface area contributed by atoms with E-state index in [-0.39, 0.29) is 91.4 Å². The molecule has 61 heavy (non-hydrogen) atoms. The number of H-pyrrole nitrogens is 2. The number of halogens is 2. The smallest absolute Gasteiger partial charge is 0.383 e. The fourth-order valence-electron chi connectivity index (χ4n) is 8.73. The molecule has 0 aliphatic heterocycles. The van der Waals surface area contributed by atoms with Crippen LogP contribution < -0.4 is 0 Å². The van der Waals surface area contributed by atoms with E-state index in [4.69, 9.17) is 39.2 Å². The molecule has 2 aliphatic carbocycles. The fraction of sp³-hybridized carbons (Fsp3) is 0.439. The van der Waals surface area contributed by atoms with Gasteiger partial charge in [-0.2, -0.15) is 5.10 Å². The largest absolute Gasteiger partial charge is 0.459 e. The molecule has 2 aliphatic rings. The number of benzene rings is 2. The Bertz CT molecular complexity index is 2540. The number of rotatable bonds is 9. The van der Waals surface area contributed by atoms with Gasteiger partial charge in [0.25, 0.3) is 11.4 Å². The number of fused-ring (bicyclic) bond motifs is 1. The molecule has 0 spiro atoms. The average Bonchev–Trinajstić information content (AvgIpc) is 3.93. The van der Waals surface area contributed by atoms with Crippen molar-refractivity contribution in [1.82, 2.24) is 29.8 Å². The van der Waals surface area contributed by atoms with Crippen molar-refractivity contribution in [2.75, 3.05) is 0 Å². The van der Waals surface area contributed by atoms with Crippen LogP contribution in [0.5, 0.6) is 0 Å². The molecular formula is C41H43Cl2N9O9. The predicted octanol–water partition coefficient (Wildman–Crippen LogP) is 9.50. The van der Waals surface area contributed by atoms with E-state index in [2.05, 4.69) is 57.8 Å². The van der Waals surface area contributed by atoms with E-state index in [1.54, 1.807) is 6.07 Å². The van der Waals surface area contributed by atoms with Crippen molar-refractivity contribution in [2.45, 2.75) is 79.4 Å². The first kappa shape index (κ1) is 44.4. The number of aromatic amines is 2. The summed E-state index contributed by atoms with van der Waals surface area (Å²) in [6, 6.07) is 8.34. The summed E-state index contributed by atoms with van der Waals surface area (Å²) in [4.78, 5) is 70.8. The third-order valence-corrected chi connectivity index (χ3v) is 11.9. The molecule has 2 aromatic carbocycles. The van der Waals surface area contributed by atoms with Crippen LogP contribution >= 0.6 is 23.2 Å². The summed E-state index contributed by atoms with van der Waals surface area (Å²) < 4.78 is 12.8. The monoisotopic (exact) mass is 875 g/mol. The second kappa shape index (κ2) is 18.2. The summed E-state index contributed by atoms with van der Waals surface area (Å²) in [6.45, 7) is 20.0. The van der Waals surface area contributed by atoms with Gasteiger partial charge in [-0.3, -0.25) is 39.7 Å². The molecule has 7 rings (SSSR count). The Hall–Kier alpha value is -6.19. The number of carbonyl (C=O) groups excluding carboxylic acids is 3. The summed E-state index contributed by atoms with van der Waals surface area (Å²) in [6.07, 6.45) is 4.72. The number of hydrogen-bond acceptors (Lipinski definition) is 12. The van der Waals surface area contributed by atoms with Gasteiger partial charge in [-0.1, -0.05) is 64.7 Å². The Labute approximate surface area is 359 Å². The number of ketones is 1. The molecule has 5 aromatic rings. The minimum atomic E-state index is -0.993. The Morgan fingerprint density at radius 3 is 1.84 bits per heavy atom. The molecular weight excluding hydrogens is 833 g/mol. The van der Waals surface area contributed by atoms with Crippen molar-refractivity contribution in [1.29, 1.82) is 0 Å². The summed E-state index contributed by atoms with van der Waals surface area (Å²) >= 11 is 11.7. The second-order valence-electron chi connectivity index (χ2n) is 16.3. The SMILES string of the molecule is CC1CC(C)C(OC(=O)C(=O)c2nc(-c3ccc(Cl)c([N+](=O)[O-])c3)n[nH]2)C(C)C1.[C-]#[N+]c1cn2[nH]c(-c3ccc(Cl)c([N+](=O)[O-])c3)nc2c1C(=O)OC1C(C)CC(C)CC1C. The molecule has 320 valence electrons. The highest BCUT2D eigenvalue weighted by Gasteiger charge is 2.37. The van der Waals surface area contributed by atoms with Crippen molar-refractivity contribution in [2.24, 2.45) is 35.5 Å². The molecule has 20 heteroatoms. The van der Waals surface area contributed by atoms with Crippen molar-refractivity contribution in [3.8, 4) is 22.8 Å². The lowest BCUT2D eigenvalue weighted by Crippen LogP contribution is -2.39. The number of carbonyl (C=O) groups is 3. The molecule has 3 heterocycles. The van der Waals surface area contributed by atoms with Gasteiger partial charge in [0.15, 0.2) is 17.3 Å². The van der Waals surface area contributed by atoms with E-state index in [0.717, 1.165) is 25.7 Å². The number of hydrogen-bond donors (Lipinski definition) is 2. The van der Waals surface area contributed by atoms with Crippen LogP contribution in [-0.4, -0.2) is 69.6 Å². The van der Waals surface area contributed by atoms with Gasteiger partial charge in [0.1, 0.15) is 27.8 Å². The van der Waals surface area contributed by atoms with Crippen LogP contribution in [0.3, 0.4) is 0 Å². The van der Waals surface area contributed by atoms with E-state index >= 15 is 0 Å². The van der Waals surface area contributed by atoms with Crippen LogP contribution in [0.2, 0.25) is 10.0 Å². The number of Topliss-reactive ketones (excluding diaryl/α,β-unsaturated/α-hetero) is 1. The Morgan fingerprint density at radius 1 is 0.803 bits per heavy atom. The van der Waals surface area contributed by atoms with E-state index in [0.29, 0.717) is 23.2 Å². The van der Waals surface area contributed by atoms with Crippen molar-refractivity contribution in [3.63, 3.8) is 0 Å². The predicted molar refractivity (Wildman–Crippen MR) is 223 cm³/mol. The maximum absolute atomic E-state index is 13.1. The van der Waals surface area contributed by atoms with Crippen LogP contribution in [0.1, 0.15) is 88.2 Å². The quantitative estimate of drug-likeness (QED) is 0.0352. The van der Waals surface area contributed by atoms with Crippen molar-refractivity contribution in [3.05, 3.63) is 95.7 Å². The maximum atomic E-state index is 13.1. The molecule has 0 amide bonds. The van der Waals surface area contributed by atoms with Gasteiger partial charge < -0.3 is 9.47 Å². The van der Waals surface area contributed by atoms with Crippen LogP contribution in [0.25, 0.3) is 33.3 Å². The van der Waals surface area contributed by atoms with Gasteiger partial charge in [0.05, 0.1) is 16.4 Å². The number of nitro benzene ring substituents is 2. The first-order chi connectivity index (χ1) is 28.9. The Morgan fingerprint density at radius 2 is 1.31 bits per heavy atom. The first-order valence-electron chi connectivity index (χ1n) is 19.6. The molecule has 0 saturated heterocycles.